The molecule has 148 valence electrons. The predicted molar refractivity (Wildman–Crippen MR) is 124 cm³/mol. The van der Waals surface area contributed by atoms with Crippen molar-refractivity contribution in [2.24, 2.45) is 4.99 Å². The summed E-state index contributed by atoms with van der Waals surface area (Å²) in [7, 11) is 3.47. The number of hydrogen-bond donors (Lipinski definition) is 2. The van der Waals surface area contributed by atoms with Crippen LogP contribution in [0.4, 0.5) is 5.69 Å². The Balaban J connectivity index is 0.00000261. The maximum absolute atomic E-state index is 6.16. The van der Waals surface area contributed by atoms with Crippen LogP contribution in [0.1, 0.15) is 17.1 Å². The van der Waals surface area contributed by atoms with Gasteiger partial charge in [0.05, 0.1) is 19.3 Å². The first-order valence-electron chi connectivity index (χ1n) is 8.55. The van der Waals surface area contributed by atoms with Crippen LogP contribution in [0, 0.1) is 6.92 Å². The van der Waals surface area contributed by atoms with E-state index in [1.54, 1.807) is 25.5 Å². The molecule has 0 bridgehead atoms. The zero-order chi connectivity index (χ0) is 18.5. The number of thiazole rings is 1. The third-order valence-corrected chi connectivity index (χ3v) is 5.51. The van der Waals surface area contributed by atoms with E-state index in [1.165, 1.54) is 0 Å². The number of anilines is 1. The smallest absolute Gasteiger partial charge is 0.191 e. The molecule has 2 heterocycles. The number of halogens is 2. The molecule has 0 aliphatic carbocycles. The lowest BCUT2D eigenvalue weighted by Gasteiger charge is -2.22. The van der Waals surface area contributed by atoms with Crippen molar-refractivity contribution in [2.75, 3.05) is 32.1 Å². The Morgan fingerprint density at radius 1 is 1.48 bits per heavy atom. The molecule has 2 N–H and O–H groups in total. The van der Waals surface area contributed by atoms with Gasteiger partial charge in [-0.1, -0.05) is 11.6 Å². The third kappa shape index (κ3) is 5.86. The Hall–Kier alpha value is -1.26. The molecule has 1 atom stereocenters. The average molecular weight is 522 g/mol. The molecule has 1 aromatic carbocycles. The SMILES string of the molecule is CN=C(NCc1nc(C)cs1)NC1CCN(c2cc(Cl)ccc2OC)C1.I. The predicted octanol–water partition coefficient (Wildman–Crippen LogP) is 3.68. The molecule has 1 fully saturated rings. The molecule has 0 radical (unpaired) electrons. The topological polar surface area (TPSA) is 61.8 Å². The largest absolute Gasteiger partial charge is 0.495 e. The Labute approximate surface area is 186 Å². The summed E-state index contributed by atoms with van der Waals surface area (Å²) in [6, 6.07) is 6.03. The lowest BCUT2D eigenvalue weighted by molar-refractivity contribution is 0.415. The van der Waals surface area contributed by atoms with E-state index in [2.05, 4.69) is 30.9 Å². The highest BCUT2D eigenvalue weighted by Crippen LogP contribution is 2.33. The van der Waals surface area contributed by atoms with Gasteiger partial charge in [0.1, 0.15) is 10.8 Å². The highest BCUT2D eigenvalue weighted by molar-refractivity contribution is 14.0. The van der Waals surface area contributed by atoms with Crippen LogP contribution in [0.5, 0.6) is 5.75 Å². The van der Waals surface area contributed by atoms with Gasteiger partial charge in [-0.2, -0.15) is 0 Å². The molecule has 6 nitrogen and oxygen atoms in total. The molecule has 1 aromatic heterocycles. The van der Waals surface area contributed by atoms with Crippen LogP contribution in [0.2, 0.25) is 5.02 Å². The minimum absolute atomic E-state index is 0. The van der Waals surface area contributed by atoms with Crippen LogP contribution < -0.4 is 20.3 Å². The van der Waals surface area contributed by atoms with Gasteiger partial charge in [0, 0.05) is 42.3 Å². The third-order valence-electron chi connectivity index (χ3n) is 4.31. The summed E-state index contributed by atoms with van der Waals surface area (Å²) >= 11 is 7.82. The van der Waals surface area contributed by atoms with E-state index >= 15 is 0 Å². The quantitative estimate of drug-likeness (QED) is 0.357. The van der Waals surface area contributed by atoms with Crippen LogP contribution in [0.3, 0.4) is 0 Å². The summed E-state index contributed by atoms with van der Waals surface area (Å²) in [5, 5.41) is 10.7. The van der Waals surface area contributed by atoms with Gasteiger partial charge in [-0.15, -0.1) is 35.3 Å². The molecule has 2 aromatic rings. The Morgan fingerprint density at radius 3 is 2.96 bits per heavy atom. The lowest BCUT2D eigenvalue weighted by atomic mass is 10.2. The number of guanidine groups is 1. The normalized spacial score (nSPS) is 16.8. The van der Waals surface area contributed by atoms with Gasteiger partial charge < -0.3 is 20.3 Å². The molecule has 27 heavy (non-hydrogen) atoms. The number of nitrogens with one attached hydrogen (secondary N) is 2. The molecular weight excluding hydrogens is 497 g/mol. The number of aromatic nitrogens is 1. The van der Waals surface area contributed by atoms with Gasteiger partial charge in [0.15, 0.2) is 5.96 Å². The monoisotopic (exact) mass is 521 g/mol. The summed E-state index contributed by atoms with van der Waals surface area (Å²) in [5.74, 6) is 1.64. The minimum Gasteiger partial charge on any atom is -0.495 e. The van der Waals surface area contributed by atoms with Crippen molar-refractivity contribution in [3.8, 4) is 5.75 Å². The number of methoxy groups -OCH3 is 1. The molecule has 3 rings (SSSR count). The van der Waals surface area contributed by atoms with Crippen molar-refractivity contribution >= 4 is 58.6 Å². The first-order chi connectivity index (χ1) is 12.6. The first-order valence-corrected chi connectivity index (χ1v) is 9.81. The minimum atomic E-state index is 0. The van der Waals surface area contributed by atoms with Crippen molar-refractivity contribution in [3.63, 3.8) is 0 Å². The number of nitrogens with zero attached hydrogens (tertiary/aromatic N) is 3. The molecule has 0 amide bonds. The van der Waals surface area contributed by atoms with Crippen molar-refractivity contribution in [3.05, 3.63) is 39.3 Å². The van der Waals surface area contributed by atoms with E-state index < -0.39 is 0 Å². The number of aryl methyl sites for hydroxylation is 1. The second-order valence-electron chi connectivity index (χ2n) is 6.20. The number of hydrogen-bond acceptors (Lipinski definition) is 5. The second-order valence-corrected chi connectivity index (χ2v) is 7.58. The summed E-state index contributed by atoms with van der Waals surface area (Å²) in [5.41, 5.74) is 2.09. The van der Waals surface area contributed by atoms with Gasteiger partial charge in [-0.3, -0.25) is 4.99 Å². The number of ether oxygens (including phenoxy) is 1. The highest BCUT2D eigenvalue weighted by atomic mass is 127. The maximum Gasteiger partial charge on any atom is 0.191 e. The molecule has 1 saturated heterocycles. The Kier molecular flexibility index (Phi) is 8.43. The van der Waals surface area contributed by atoms with Crippen molar-refractivity contribution < 1.29 is 4.74 Å². The summed E-state index contributed by atoms with van der Waals surface area (Å²) in [6.45, 7) is 4.49. The number of rotatable bonds is 5. The van der Waals surface area contributed by atoms with Gasteiger partial charge in [0.2, 0.25) is 0 Å². The fourth-order valence-corrected chi connectivity index (χ4v) is 3.92. The molecule has 9 heteroatoms. The summed E-state index contributed by atoms with van der Waals surface area (Å²) < 4.78 is 5.48. The van der Waals surface area contributed by atoms with Crippen LogP contribution >= 0.6 is 46.9 Å². The fraction of sp³-hybridized carbons (Fsp3) is 0.444. The molecule has 1 aliphatic rings. The second kappa shape index (κ2) is 10.3. The van der Waals surface area contributed by atoms with Gasteiger partial charge in [0.25, 0.3) is 0 Å². The molecule has 1 unspecified atom stereocenters. The zero-order valence-electron chi connectivity index (χ0n) is 15.7. The molecule has 0 spiro atoms. The highest BCUT2D eigenvalue weighted by Gasteiger charge is 2.25. The van der Waals surface area contributed by atoms with Gasteiger partial charge in [-0.05, 0) is 31.5 Å². The number of benzene rings is 1. The van der Waals surface area contributed by atoms with Crippen LogP contribution in [-0.4, -0.2) is 44.2 Å². The van der Waals surface area contributed by atoms with Gasteiger partial charge >= 0.3 is 0 Å². The summed E-state index contributed by atoms with van der Waals surface area (Å²) in [6.07, 6.45) is 1.02. The Bertz CT molecular complexity index is 785. The van der Waals surface area contributed by atoms with Crippen molar-refractivity contribution in [1.82, 2.24) is 15.6 Å². The Morgan fingerprint density at radius 2 is 2.30 bits per heavy atom. The van der Waals surface area contributed by atoms with E-state index in [4.69, 9.17) is 16.3 Å². The van der Waals surface area contributed by atoms with E-state index in [0.717, 1.165) is 47.6 Å². The fourth-order valence-electron chi connectivity index (χ4n) is 3.04. The maximum atomic E-state index is 6.16. The van der Waals surface area contributed by atoms with E-state index in [9.17, 15) is 0 Å². The first kappa shape index (κ1) is 22.0. The van der Waals surface area contributed by atoms with Gasteiger partial charge in [-0.25, -0.2) is 4.98 Å². The van der Waals surface area contributed by atoms with E-state index in [0.29, 0.717) is 17.6 Å². The molecule has 0 saturated carbocycles. The van der Waals surface area contributed by atoms with Crippen molar-refractivity contribution in [2.45, 2.75) is 25.9 Å². The number of aliphatic imine (C=N–C) groups is 1. The summed E-state index contributed by atoms with van der Waals surface area (Å²) in [4.78, 5) is 11.1. The van der Waals surface area contributed by atoms with E-state index in [-0.39, 0.29) is 24.0 Å². The average Bonchev–Trinajstić information content (AvgIpc) is 3.27. The van der Waals surface area contributed by atoms with Crippen LogP contribution in [0.15, 0.2) is 28.6 Å². The van der Waals surface area contributed by atoms with Crippen LogP contribution in [0.25, 0.3) is 0 Å². The molecule has 1 aliphatic heterocycles. The lowest BCUT2D eigenvalue weighted by Crippen LogP contribution is -2.44. The zero-order valence-corrected chi connectivity index (χ0v) is 19.6. The van der Waals surface area contributed by atoms with Crippen LogP contribution in [-0.2, 0) is 6.54 Å². The van der Waals surface area contributed by atoms with E-state index in [1.807, 2.05) is 25.1 Å². The standard InChI is InChI=1S/C18H24ClN5OS.HI/c1-12-11-26-17(22-12)9-21-18(20-2)23-14-6-7-24(10-14)15-8-13(19)4-5-16(15)25-3;/h4-5,8,11,14H,6-7,9-10H2,1-3H3,(H2,20,21,23);1H. The molecular formula is C18H25ClIN5OS. The van der Waals surface area contributed by atoms with Crippen molar-refractivity contribution in [1.29, 1.82) is 0 Å².